The molecule has 0 aliphatic carbocycles. The summed E-state index contributed by atoms with van der Waals surface area (Å²) in [5, 5.41) is 16.6. The third-order valence-corrected chi connectivity index (χ3v) is 6.90. The Balaban J connectivity index is 1.20. The summed E-state index contributed by atoms with van der Waals surface area (Å²) in [6.45, 7) is 11.5. The number of fused-ring (bicyclic) bond motifs is 1. The molecule has 5 rings (SSSR count). The highest BCUT2D eigenvalue weighted by Gasteiger charge is 2.19. The van der Waals surface area contributed by atoms with Crippen LogP contribution in [0.1, 0.15) is 36.8 Å². The average molecular weight is 575 g/mol. The predicted molar refractivity (Wildman–Crippen MR) is 161 cm³/mol. The molecule has 1 saturated heterocycles. The molecule has 1 aliphatic heterocycles. The van der Waals surface area contributed by atoms with E-state index in [0.29, 0.717) is 35.9 Å². The van der Waals surface area contributed by atoms with E-state index in [9.17, 15) is 9.59 Å². The number of alkyl carbamates (subject to hydrolysis) is 1. The van der Waals surface area contributed by atoms with Gasteiger partial charge in [-0.3, -0.25) is 14.8 Å². The van der Waals surface area contributed by atoms with Crippen molar-refractivity contribution in [2.45, 2.75) is 39.5 Å². The van der Waals surface area contributed by atoms with Crippen molar-refractivity contribution in [1.82, 2.24) is 39.8 Å². The summed E-state index contributed by atoms with van der Waals surface area (Å²) in [4.78, 5) is 38.6. The van der Waals surface area contributed by atoms with Gasteiger partial charge in [-0.1, -0.05) is 12.1 Å². The van der Waals surface area contributed by atoms with Crippen LogP contribution in [0.25, 0.3) is 11.0 Å². The molecule has 0 atom stereocenters. The normalized spacial score (nSPS) is 14.6. The summed E-state index contributed by atoms with van der Waals surface area (Å²) in [6, 6.07) is 9.80. The Morgan fingerprint density at radius 3 is 2.55 bits per heavy atom. The lowest BCUT2D eigenvalue weighted by atomic mass is 10.1. The van der Waals surface area contributed by atoms with Gasteiger partial charge < -0.3 is 30.2 Å². The van der Waals surface area contributed by atoms with E-state index < -0.39 is 11.7 Å². The second kappa shape index (κ2) is 12.6. The van der Waals surface area contributed by atoms with Gasteiger partial charge in [0.2, 0.25) is 0 Å². The minimum Gasteiger partial charge on any atom is -0.444 e. The lowest BCUT2D eigenvalue weighted by Crippen LogP contribution is -2.43. The largest absolute Gasteiger partial charge is 0.444 e. The third kappa shape index (κ3) is 7.42. The van der Waals surface area contributed by atoms with Crippen molar-refractivity contribution in [2.75, 3.05) is 50.4 Å². The monoisotopic (exact) mass is 574 g/mol. The average Bonchev–Trinajstić information content (AvgIpc) is 3.58. The highest BCUT2D eigenvalue weighted by molar-refractivity contribution is 6.07. The van der Waals surface area contributed by atoms with E-state index in [1.54, 1.807) is 6.20 Å². The van der Waals surface area contributed by atoms with E-state index in [-0.39, 0.29) is 11.6 Å². The Morgan fingerprint density at radius 1 is 1.05 bits per heavy atom. The van der Waals surface area contributed by atoms with Gasteiger partial charge in [-0.2, -0.15) is 5.10 Å². The maximum Gasteiger partial charge on any atom is 0.407 e. The number of piperazine rings is 1. The van der Waals surface area contributed by atoms with Crippen molar-refractivity contribution in [2.24, 2.45) is 0 Å². The third-order valence-electron chi connectivity index (χ3n) is 6.90. The molecule has 0 spiro atoms. The van der Waals surface area contributed by atoms with Crippen molar-refractivity contribution in [3.05, 3.63) is 60.3 Å². The second-order valence-corrected chi connectivity index (χ2v) is 11.4. The number of anilines is 3. The van der Waals surface area contributed by atoms with Crippen LogP contribution in [-0.4, -0.2) is 91.9 Å². The first kappa shape index (κ1) is 29.0. The van der Waals surface area contributed by atoms with Crippen LogP contribution >= 0.6 is 0 Å². The minimum absolute atomic E-state index is 0.212. The molecule has 4 heterocycles. The summed E-state index contributed by atoms with van der Waals surface area (Å²) >= 11 is 0. The van der Waals surface area contributed by atoms with Crippen molar-refractivity contribution in [3.8, 4) is 0 Å². The van der Waals surface area contributed by atoms with Crippen LogP contribution in [-0.2, 0) is 17.8 Å². The quantitative estimate of drug-likeness (QED) is 0.236. The molecule has 0 unspecified atom stereocenters. The zero-order chi connectivity index (χ0) is 29.7. The Labute approximate surface area is 244 Å². The van der Waals surface area contributed by atoms with Gasteiger partial charge in [0.25, 0.3) is 5.91 Å². The number of aromatic nitrogens is 5. The number of rotatable bonds is 9. The molecule has 4 N–H and O–H groups in total. The number of likely N-dealkylation sites (N-methyl/N-ethyl adjacent to an activating group) is 1. The van der Waals surface area contributed by atoms with Gasteiger partial charge in [0.15, 0.2) is 5.69 Å². The summed E-state index contributed by atoms with van der Waals surface area (Å²) in [5.41, 5.74) is 2.72. The van der Waals surface area contributed by atoms with Gasteiger partial charge in [0.1, 0.15) is 23.4 Å². The van der Waals surface area contributed by atoms with E-state index in [1.807, 2.05) is 61.9 Å². The van der Waals surface area contributed by atoms with E-state index in [1.165, 1.54) is 11.9 Å². The molecule has 4 aromatic rings. The number of carbonyl (C=O) groups excluding carboxylic acids is 2. The number of nitrogens with zero attached hydrogens (tertiary/aromatic N) is 6. The molecule has 42 heavy (non-hydrogen) atoms. The molecule has 3 aromatic heterocycles. The Kier molecular flexibility index (Phi) is 8.69. The van der Waals surface area contributed by atoms with Gasteiger partial charge in [0, 0.05) is 63.9 Å². The van der Waals surface area contributed by atoms with Crippen LogP contribution in [0.15, 0.2) is 49.1 Å². The Morgan fingerprint density at radius 2 is 1.81 bits per heavy atom. The Hall–Kier alpha value is -4.49. The van der Waals surface area contributed by atoms with E-state index in [2.05, 4.69) is 53.0 Å². The number of nitrogens with one attached hydrogen (secondary N) is 4. The minimum atomic E-state index is -0.559. The van der Waals surface area contributed by atoms with Gasteiger partial charge in [0.05, 0.1) is 11.1 Å². The van der Waals surface area contributed by atoms with Crippen LogP contribution in [0.4, 0.5) is 22.0 Å². The first-order valence-corrected chi connectivity index (χ1v) is 14.0. The van der Waals surface area contributed by atoms with Crippen molar-refractivity contribution >= 4 is 40.2 Å². The van der Waals surface area contributed by atoms with Crippen molar-refractivity contribution in [3.63, 3.8) is 0 Å². The van der Waals surface area contributed by atoms with E-state index in [0.717, 1.165) is 38.1 Å². The van der Waals surface area contributed by atoms with E-state index >= 15 is 0 Å². The van der Waals surface area contributed by atoms with Gasteiger partial charge in [-0.15, -0.1) is 0 Å². The standard InChI is InChI=1S/C29H38N10O3/c1-29(2,3)42-28(41)30-10-12-39-11-9-22-25(31-19-32-26(22)39)35-23-17-33-36-24(23)27(40)34-21-7-5-20(6-8-21)18-38-15-13-37(4)14-16-38/h5-9,11,17,19H,10,12-16,18H2,1-4H3,(H,30,41)(H,33,36)(H,34,40)(H,31,32,35). The van der Waals surface area contributed by atoms with Crippen molar-refractivity contribution < 1.29 is 14.3 Å². The van der Waals surface area contributed by atoms with E-state index in [4.69, 9.17) is 4.74 Å². The highest BCUT2D eigenvalue weighted by atomic mass is 16.6. The SMILES string of the molecule is CN1CCN(Cc2ccc(NC(=O)c3n[nH]cc3Nc3ncnc4c3ccn4CCNC(=O)OC(C)(C)C)cc2)CC1. The molecular formula is C29H38N10O3. The second-order valence-electron chi connectivity index (χ2n) is 11.4. The fourth-order valence-corrected chi connectivity index (χ4v) is 4.71. The number of hydrogen-bond donors (Lipinski definition) is 4. The zero-order valence-electron chi connectivity index (χ0n) is 24.5. The number of aromatic amines is 1. The molecule has 2 amide bonds. The summed E-state index contributed by atoms with van der Waals surface area (Å²) in [6.07, 6.45) is 4.47. The molecule has 0 bridgehead atoms. The van der Waals surface area contributed by atoms with Gasteiger partial charge in [-0.05, 0) is 51.6 Å². The van der Waals surface area contributed by atoms with Crippen LogP contribution in [0.5, 0.6) is 0 Å². The molecule has 1 aromatic carbocycles. The number of amides is 2. The zero-order valence-corrected chi connectivity index (χ0v) is 24.5. The summed E-state index contributed by atoms with van der Waals surface area (Å²) < 4.78 is 7.20. The van der Waals surface area contributed by atoms with Crippen LogP contribution in [0.2, 0.25) is 0 Å². The topological polar surface area (TPSA) is 145 Å². The fraction of sp³-hybridized carbons (Fsp3) is 0.414. The summed E-state index contributed by atoms with van der Waals surface area (Å²) in [5.74, 6) is 0.184. The van der Waals surface area contributed by atoms with Gasteiger partial charge >= 0.3 is 6.09 Å². The molecule has 13 heteroatoms. The van der Waals surface area contributed by atoms with Crippen LogP contribution in [0, 0.1) is 0 Å². The predicted octanol–water partition coefficient (Wildman–Crippen LogP) is 3.42. The molecule has 1 aliphatic rings. The lowest BCUT2D eigenvalue weighted by Gasteiger charge is -2.32. The molecule has 13 nitrogen and oxygen atoms in total. The Bertz CT molecular complexity index is 1510. The molecule has 0 saturated carbocycles. The molecular weight excluding hydrogens is 536 g/mol. The molecule has 0 radical (unpaired) electrons. The van der Waals surface area contributed by atoms with Crippen molar-refractivity contribution in [1.29, 1.82) is 0 Å². The highest BCUT2D eigenvalue weighted by Crippen LogP contribution is 2.25. The summed E-state index contributed by atoms with van der Waals surface area (Å²) in [7, 11) is 2.15. The first-order chi connectivity index (χ1) is 20.1. The van der Waals surface area contributed by atoms with Gasteiger partial charge in [-0.25, -0.2) is 14.8 Å². The maximum absolute atomic E-state index is 13.1. The van der Waals surface area contributed by atoms with Crippen LogP contribution < -0.4 is 16.0 Å². The smallest absolute Gasteiger partial charge is 0.407 e. The molecule has 222 valence electrons. The molecule has 1 fully saturated rings. The number of benzene rings is 1. The number of carbonyl (C=O) groups is 2. The number of H-pyrrole nitrogens is 1. The number of ether oxygens (including phenoxy) is 1. The maximum atomic E-state index is 13.1. The first-order valence-electron chi connectivity index (χ1n) is 14.0. The van der Waals surface area contributed by atoms with Crippen LogP contribution in [0.3, 0.4) is 0 Å². The number of hydrogen-bond acceptors (Lipinski definition) is 9. The fourth-order valence-electron chi connectivity index (χ4n) is 4.71. The lowest BCUT2D eigenvalue weighted by molar-refractivity contribution is 0.0526.